The van der Waals surface area contributed by atoms with Gasteiger partial charge in [-0.15, -0.1) is 0 Å². The standard InChI is InChI=1S/C28H39NO3/c1-8-10-17-31-26-25(30-9-2)23-18-22(15-16-24(23)32-28(26,6)7)29-19-20-11-13-21(14-12-20)27(3,4)5/h8,10-16,18,25-26,29H,9,17,19H2,1-7H3/b10-8+. The molecule has 1 aliphatic rings. The van der Waals surface area contributed by atoms with Crippen LogP contribution in [0.4, 0.5) is 5.69 Å². The van der Waals surface area contributed by atoms with E-state index in [4.69, 9.17) is 14.2 Å². The molecule has 0 saturated carbocycles. The van der Waals surface area contributed by atoms with Gasteiger partial charge in [-0.2, -0.15) is 0 Å². The number of hydrogen-bond donors (Lipinski definition) is 1. The molecule has 0 aromatic heterocycles. The van der Waals surface area contributed by atoms with E-state index in [9.17, 15) is 0 Å². The number of benzene rings is 2. The zero-order valence-electron chi connectivity index (χ0n) is 20.7. The van der Waals surface area contributed by atoms with Gasteiger partial charge in [-0.25, -0.2) is 0 Å². The van der Waals surface area contributed by atoms with Gasteiger partial charge in [0.15, 0.2) is 0 Å². The summed E-state index contributed by atoms with van der Waals surface area (Å²) in [5.41, 5.74) is 4.35. The van der Waals surface area contributed by atoms with Gasteiger partial charge in [0.1, 0.15) is 23.6 Å². The number of fused-ring (bicyclic) bond motifs is 1. The van der Waals surface area contributed by atoms with Gasteiger partial charge in [-0.3, -0.25) is 0 Å². The van der Waals surface area contributed by atoms with Crippen LogP contribution in [0.5, 0.6) is 5.75 Å². The van der Waals surface area contributed by atoms with Gasteiger partial charge in [-0.05, 0) is 62.4 Å². The molecular weight excluding hydrogens is 398 g/mol. The van der Waals surface area contributed by atoms with Crippen LogP contribution in [-0.2, 0) is 21.4 Å². The van der Waals surface area contributed by atoms with Crippen LogP contribution in [0.3, 0.4) is 0 Å². The Kier molecular flexibility index (Phi) is 7.68. The second-order valence-electron chi connectivity index (χ2n) is 9.96. The maximum absolute atomic E-state index is 6.35. The predicted octanol–water partition coefficient (Wildman–Crippen LogP) is 6.81. The van der Waals surface area contributed by atoms with Crippen LogP contribution >= 0.6 is 0 Å². The summed E-state index contributed by atoms with van der Waals surface area (Å²) in [7, 11) is 0. The van der Waals surface area contributed by atoms with Gasteiger partial charge < -0.3 is 19.5 Å². The van der Waals surface area contributed by atoms with E-state index >= 15 is 0 Å². The van der Waals surface area contributed by atoms with Crippen molar-refractivity contribution in [3.05, 3.63) is 71.3 Å². The lowest BCUT2D eigenvalue weighted by molar-refractivity contribution is -0.155. The zero-order chi connectivity index (χ0) is 23.4. The Balaban J connectivity index is 1.79. The molecule has 1 aliphatic heterocycles. The van der Waals surface area contributed by atoms with Crippen molar-refractivity contribution in [1.29, 1.82) is 0 Å². The van der Waals surface area contributed by atoms with E-state index in [1.165, 1.54) is 11.1 Å². The van der Waals surface area contributed by atoms with Crippen molar-refractivity contribution >= 4 is 5.69 Å². The minimum atomic E-state index is -0.488. The molecule has 3 rings (SSSR count). The third-order valence-corrected chi connectivity index (χ3v) is 5.92. The van der Waals surface area contributed by atoms with Crippen molar-refractivity contribution in [2.24, 2.45) is 0 Å². The SMILES string of the molecule is C/C=C/COC1C(OCC)c2cc(NCc3ccc(C(C)(C)C)cc3)ccc2OC1(C)C. The van der Waals surface area contributed by atoms with Gasteiger partial charge in [0.25, 0.3) is 0 Å². The number of nitrogens with one attached hydrogen (secondary N) is 1. The van der Waals surface area contributed by atoms with E-state index in [1.807, 2.05) is 32.1 Å². The minimum Gasteiger partial charge on any atom is -0.485 e. The molecule has 0 radical (unpaired) electrons. The number of ether oxygens (including phenoxy) is 3. The highest BCUT2D eigenvalue weighted by atomic mass is 16.6. The molecule has 2 unspecified atom stereocenters. The van der Waals surface area contributed by atoms with Crippen molar-refractivity contribution in [1.82, 2.24) is 0 Å². The van der Waals surface area contributed by atoms with Crippen LogP contribution in [0.15, 0.2) is 54.6 Å². The molecule has 0 bridgehead atoms. The summed E-state index contributed by atoms with van der Waals surface area (Å²) in [6, 6.07) is 15.1. The molecule has 2 aromatic rings. The predicted molar refractivity (Wildman–Crippen MR) is 133 cm³/mol. The highest BCUT2D eigenvalue weighted by Gasteiger charge is 2.45. The van der Waals surface area contributed by atoms with Crippen molar-refractivity contribution < 1.29 is 14.2 Å². The first kappa shape index (κ1) is 24.3. The Bertz CT molecular complexity index is 909. The van der Waals surface area contributed by atoms with Gasteiger partial charge >= 0.3 is 0 Å². The van der Waals surface area contributed by atoms with Crippen molar-refractivity contribution in [2.75, 3.05) is 18.5 Å². The average molecular weight is 438 g/mol. The summed E-state index contributed by atoms with van der Waals surface area (Å²) in [6.45, 7) is 16.8. The molecule has 1 heterocycles. The Morgan fingerprint density at radius 1 is 1.06 bits per heavy atom. The van der Waals surface area contributed by atoms with E-state index in [-0.39, 0.29) is 17.6 Å². The molecule has 0 spiro atoms. The van der Waals surface area contributed by atoms with Gasteiger partial charge in [0.05, 0.1) is 6.61 Å². The normalized spacial score (nSPS) is 20.1. The molecule has 174 valence electrons. The Hall–Kier alpha value is -2.30. The largest absolute Gasteiger partial charge is 0.485 e. The summed E-state index contributed by atoms with van der Waals surface area (Å²) in [4.78, 5) is 0. The van der Waals surface area contributed by atoms with E-state index < -0.39 is 5.60 Å². The fourth-order valence-corrected chi connectivity index (χ4v) is 4.07. The second-order valence-corrected chi connectivity index (χ2v) is 9.96. The molecule has 1 N–H and O–H groups in total. The Labute approximate surface area is 194 Å². The second kappa shape index (κ2) is 10.1. The van der Waals surface area contributed by atoms with E-state index in [2.05, 4.69) is 76.3 Å². The average Bonchev–Trinajstić information content (AvgIpc) is 2.74. The fourth-order valence-electron chi connectivity index (χ4n) is 4.07. The van der Waals surface area contributed by atoms with Crippen LogP contribution in [0.25, 0.3) is 0 Å². The number of hydrogen-bond acceptors (Lipinski definition) is 4. The third-order valence-electron chi connectivity index (χ3n) is 5.92. The topological polar surface area (TPSA) is 39.7 Å². The summed E-state index contributed by atoms with van der Waals surface area (Å²) in [6.07, 6.45) is 3.62. The number of rotatable bonds is 8. The lowest BCUT2D eigenvalue weighted by Gasteiger charge is -2.44. The highest BCUT2D eigenvalue weighted by Crippen LogP contribution is 2.44. The van der Waals surface area contributed by atoms with Crippen LogP contribution < -0.4 is 10.1 Å². The minimum absolute atomic E-state index is 0.165. The lowest BCUT2D eigenvalue weighted by atomic mass is 9.87. The fraction of sp³-hybridized carbons (Fsp3) is 0.500. The summed E-state index contributed by atoms with van der Waals surface area (Å²) < 4.78 is 18.8. The zero-order valence-corrected chi connectivity index (χ0v) is 20.7. The summed E-state index contributed by atoms with van der Waals surface area (Å²) in [5, 5.41) is 3.56. The summed E-state index contributed by atoms with van der Waals surface area (Å²) in [5.74, 6) is 0.861. The molecule has 2 aromatic carbocycles. The van der Waals surface area contributed by atoms with Crippen molar-refractivity contribution in [3.63, 3.8) is 0 Å². The van der Waals surface area contributed by atoms with Gasteiger partial charge in [0, 0.05) is 24.4 Å². The van der Waals surface area contributed by atoms with Gasteiger partial charge in [0.2, 0.25) is 0 Å². The Morgan fingerprint density at radius 2 is 1.78 bits per heavy atom. The molecule has 2 atom stereocenters. The van der Waals surface area contributed by atoms with Crippen molar-refractivity contribution in [3.8, 4) is 5.75 Å². The third kappa shape index (κ3) is 5.73. The highest BCUT2D eigenvalue weighted by molar-refractivity contribution is 5.54. The molecule has 0 amide bonds. The van der Waals surface area contributed by atoms with Crippen LogP contribution in [0.1, 0.15) is 71.3 Å². The summed E-state index contributed by atoms with van der Waals surface area (Å²) >= 11 is 0. The Morgan fingerprint density at radius 3 is 2.41 bits per heavy atom. The first-order valence-electron chi connectivity index (χ1n) is 11.7. The van der Waals surface area contributed by atoms with Gasteiger partial charge in [-0.1, -0.05) is 57.2 Å². The van der Waals surface area contributed by atoms with E-state index in [1.54, 1.807) is 0 Å². The molecule has 4 nitrogen and oxygen atoms in total. The molecule has 0 aliphatic carbocycles. The molecule has 4 heteroatoms. The van der Waals surface area contributed by atoms with Crippen molar-refractivity contribution in [2.45, 2.75) is 78.2 Å². The number of anilines is 1. The smallest absolute Gasteiger partial charge is 0.132 e. The quantitative estimate of drug-likeness (QED) is 0.461. The lowest BCUT2D eigenvalue weighted by Crippen LogP contribution is -2.51. The molecular formula is C28H39NO3. The molecule has 0 saturated heterocycles. The van der Waals surface area contributed by atoms with Crippen LogP contribution in [0.2, 0.25) is 0 Å². The first-order valence-corrected chi connectivity index (χ1v) is 11.7. The monoisotopic (exact) mass is 437 g/mol. The maximum Gasteiger partial charge on any atom is 0.132 e. The number of allylic oxidation sites excluding steroid dienone is 1. The van der Waals surface area contributed by atoms with E-state index in [0.717, 1.165) is 23.5 Å². The van der Waals surface area contributed by atoms with E-state index in [0.29, 0.717) is 13.2 Å². The first-order chi connectivity index (χ1) is 15.2. The van der Waals surface area contributed by atoms with Crippen LogP contribution in [0, 0.1) is 0 Å². The molecule has 0 fully saturated rings. The molecule has 32 heavy (non-hydrogen) atoms. The van der Waals surface area contributed by atoms with Crippen LogP contribution in [-0.4, -0.2) is 24.9 Å². The maximum atomic E-state index is 6.35.